The van der Waals surface area contributed by atoms with E-state index < -0.39 is 0 Å². The van der Waals surface area contributed by atoms with E-state index in [-0.39, 0.29) is 11.6 Å². The summed E-state index contributed by atoms with van der Waals surface area (Å²) >= 11 is 0. The third-order valence-electron chi connectivity index (χ3n) is 2.98. The van der Waals surface area contributed by atoms with Gasteiger partial charge in [-0.1, -0.05) is 36.8 Å². The van der Waals surface area contributed by atoms with Crippen LogP contribution >= 0.6 is 0 Å². The van der Waals surface area contributed by atoms with E-state index in [2.05, 4.69) is 45.9 Å². The monoisotopic (exact) mass is 221 g/mol. The SMILES string of the molecule is CCC(C)(C)OCC(N)c1cccc(C)c1. The number of benzene rings is 1. The molecule has 0 saturated heterocycles. The molecule has 2 heteroatoms. The third-order valence-corrected chi connectivity index (χ3v) is 2.98. The van der Waals surface area contributed by atoms with E-state index in [1.54, 1.807) is 0 Å². The molecule has 1 atom stereocenters. The zero-order chi connectivity index (χ0) is 12.2. The molecule has 0 radical (unpaired) electrons. The van der Waals surface area contributed by atoms with Gasteiger partial charge in [-0.05, 0) is 32.8 Å². The van der Waals surface area contributed by atoms with Crippen LogP contribution < -0.4 is 5.73 Å². The van der Waals surface area contributed by atoms with Crippen LogP contribution in [0, 0.1) is 6.92 Å². The maximum absolute atomic E-state index is 6.10. The van der Waals surface area contributed by atoms with Gasteiger partial charge in [-0.3, -0.25) is 0 Å². The van der Waals surface area contributed by atoms with Crippen molar-refractivity contribution in [1.82, 2.24) is 0 Å². The number of ether oxygens (including phenoxy) is 1. The molecule has 1 rings (SSSR count). The molecule has 2 nitrogen and oxygen atoms in total. The van der Waals surface area contributed by atoms with Crippen LogP contribution in [0.25, 0.3) is 0 Å². The Bertz CT molecular complexity index is 333. The molecule has 1 aromatic rings. The summed E-state index contributed by atoms with van der Waals surface area (Å²) in [6.07, 6.45) is 0.994. The van der Waals surface area contributed by atoms with Crippen molar-refractivity contribution < 1.29 is 4.74 Å². The number of rotatable bonds is 5. The van der Waals surface area contributed by atoms with Gasteiger partial charge < -0.3 is 10.5 Å². The molecule has 90 valence electrons. The van der Waals surface area contributed by atoms with Gasteiger partial charge in [0, 0.05) is 0 Å². The maximum atomic E-state index is 6.10. The first kappa shape index (κ1) is 13.2. The van der Waals surface area contributed by atoms with Crippen LogP contribution in [0.4, 0.5) is 0 Å². The van der Waals surface area contributed by atoms with Gasteiger partial charge in [0.2, 0.25) is 0 Å². The first-order valence-corrected chi connectivity index (χ1v) is 5.91. The quantitative estimate of drug-likeness (QED) is 0.828. The van der Waals surface area contributed by atoms with Crippen LogP contribution in [-0.2, 0) is 4.74 Å². The molecule has 1 aromatic carbocycles. The Kier molecular flexibility index (Phi) is 4.51. The highest BCUT2D eigenvalue weighted by atomic mass is 16.5. The summed E-state index contributed by atoms with van der Waals surface area (Å²) in [5, 5.41) is 0. The van der Waals surface area contributed by atoms with Crippen LogP contribution in [-0.4, -0.2) is 12.2 Å². The predicted octanol–water partition coefficient (Wildman–Crippen LogP) is 3.20. The van der Waals surface area contributed by atoms with Gasteiger partial charge in [0.1, 0.15) is 0 Å². The van der Waals surface area contributed by atoms with Crippen LogP contribution in [0.15, 0.2) is 24.3 Å². The smallest absolute Gasteiger partial charge is 0.0666 e. The summed E-state index contributed by atoms with van der Waals surface area (Å²) in [6, 6.07) is 8.25. The third kappa shape index (κ3) is 3.95. The van der Waals surface area contributed by atoms with E-state index >= 15 is 0 Å². The maximum Gasteiger partial charge on any atom is 0.0666 e. The van der Waals surface area contributed by atoms with Crippen molar-refractivity contribution in [2.24, 2.45) is 5.73 Å². The fourth-order valence-electron chi connectivity index (χ4n) is 1.41. The zero-order valence-corrected chi connectivity index (χ0v) is 10.8. The minimum Gasteiger partial charge on any atom is -0.374 e. The van der Waals surface area contributed by atoms with Crippen molar-refractivity contribution >= 4 is 0 Å². The first-order chi connectivity index (χ1) is 7.44. The van der Waals surface area contributed by atoms with Crippen molar-refractivity contribution in [2.45, 2.75) is 45.8 Å². The van der Waals surface area contributed by atoms with Crippen LogP contribution in [0.2, 0.25) is 0 Å². The van der Waals surface area contributed by atoms with Gasteiger partial charge in [0.25, 0.3) is 0 Å². The minimum absolute atomic E-state index is 0.0364. The van der Waals surface area contributed by atoms with Gasteiger partial charge in [0.15, 0.2) is 0 Å². The average molecular weight is 221 g/mol. The Hall–Kier alpha value is -0.860. The molecule has 0 bridgehead atoms. The highest BCUT2D eigenvalue weighted by molar-refractivity contribution is 5.24. The molecule has 0 heterocycles. The van der Waals surface area contributed by atoms with Gasteiger partial charge in [-0.15, -0.1) is 0 Å². The average Bonchev–Trinajstić information content (AvgIpc) is 2.26. The molecule has 0 aromatic heterocycles. The topological polar surface area (TPSA) is 35.2 Å². The Morgan fingerprint density at radius 2 is 2.06 bits per heavy atom. The number of nitrogens with two attached hydrogens (primary N) is 1. The fraction of sp³-hybridized carbons (Fsp3) is 0.571. The lowest BCUT2D eigenvalue weighted by molar-refractivity contribution is -0.0267. The molecule has 0 fully saturated rings. The number of aryl methyl sites for hydroxylation is 1. The number of hydrogen-bond acceptors (Lipinski definition) is 2. The lowest BCUT2D eigenvalue weighted by Crippen LogP contribution is -2.28. The molecule has 2 N–H and O–H groups in total. The molecule has 0 spiro atoms. The molecule has 0 saturated carbocycles. The Balaban J connectivity index is 2.56. The second-order valence-corrected chi connectivity index (χ2v) is 4.94. The van der Waals surface area contributed by atoms with Crippen molar-refractivity contribution in [1.29, 1.82) is 0 Å². The minimum atomic E-state index is -0.0819. The van der Waals surface area contributed by atoms with Crippen molar-refractivity contribution in [2.75, 3.05) is 6.61 Å². The summed E-state index contributed by atoms with van der Waals surface area (Å²) < 4.78 is 5.81. The summed E-state index contributed by atoms with van der Waals surface area (Å²) in [7, 11) is 0. The molecule has 0 aliphatic rings. The molecular weight excluding hydrogens is 198 g/mol. The zero-order valence-electron chi connectivity index (χ0n) is 10.8. The first-order valence-electron chi connectivity index (χ1n) is 5.91. The molecule has 0 aliphatic heterocycles. The lowest BCUT2D eigenvalue weighted by atomic mass is 10.0. The van der Waals surface area contributed by atoms with Crippen LogP contribution in [0.3, 0.4) is 0 Å². The Morgan fingerprint density at radius 3 is 2.62 bits per heavy atom. The van der Waals surface area contributed by atoms with E-state index in [1.165, 1.54) is 5.56 Å². The lowest BCUT2D eigenvalue weighted by Gasteiger charge is -2.25. The normalized spacial score (nSPS) is 13.8. The largest absolute Gasteiger partial charge is 0.374 e. The van der Waals surface area contributed by atoms with E-state index in [4.69, 9.17) is 10.5 Å². The van der Waals surface area contributed by atoms with Crippen molar-refractivity contribution in [3.8, 4) is 0 Å². The molecule has 0 amide bonds. The van der Waals surface area contributed by atoms with E-state index in [0.717, 1.165) is 12.0 Å². The van der Waals surface area contributed by atoms with E-state index in [0.29, 0.717) is 6.61 Å². The van der Waals surface area contributed by atoms with Crippen molar-refractivity contribution in [3.63, 3.8) is 0 Å². The Morgan fingerprint density at radius 1 is 1.38 bits per heavy atom. The fourth-order valence-corrected chi connectivity index (χ4v) is 1.41. The summed E-state index contributed by atoms with van der Waals surface area (Å²) in [6.45, 7) is 8.96. The second-order valence-electron chi connectivity index (χ2n) is 4.94. The van der Waals surface area contributed by atoms with Gasteiger partial charge in [0.05, 0.1) is 18.2 Å². The molecule has 1 unspecified atom stereocenters. The van der Waals surface area contributed by atoms with E-state index in [9.17, 15) is 0 Å². The van der Waals surface area contributed by atoms with Crippen LogP contribution in [0.1, 0.15) is 44.4 Å². The molecule has 16 heavy (non-hydrogen) atoms. The predicted molar refractivity (Wildman–Crippen MR) is 68.4 cm³/mol. The van der Waals surface area contributed by atoms with Crippen LogP contribution in [0.5, 0.6) is 0 Å². The van der Waals surface area contributed by atoms with Crippen molar-refractivity contribution in [3.05, 3.63) is 35.4 Å². The summed E-state index contributed by atoms with van der Waals surface area (Å²) in [5.41, 5.74) is 8.40. The van der Waals surface area contributed by atoms with Gasteiger partial charge in [-0.2, -0.15) is 0 Å². The number of hydrogen-bond donors (Lipinski definition) is 1. The summed E-state index contributed by atoms with van der Waals surface area (Å²) in [4.78, 5) is 0. The standard InChI is InChI=1S/C14H23NO/c1-5-14(3,4)16-10-13(15)12-8-6-7-11(2)9-12/h6-9,13H,5,10,15H2,1-4H3. The Labute approximate surface area is 98.8 Å². The highest BCUT2D eigenvalue weighted by Crippen LogP contribution is 2.18. The second kappa shape index (κ2) is 5.46. The van der Waals surface area contributed by atoms with Gasteiger partial charge >= 0.3 is 0 Å². The molecule has 0 aliphatic carbocycles. The highest BCUT2D eigenvalue weighted by Gasteiger charge is 2.17. The van der Waals surface area contributed by atoms with Gasteiger partial charge in [-0.25, -0.2) is 0 Å². The summed E-state index contributed by atoms with van der Waals surface area (Å²) in [5.74, 6) is 0. The molecular formula is C14H23NO. The van der Waals surface area contributed by atoms with E-state index in [1.807, 2.05) is 6.07 Å².